The van der Waals surface area contributed by atoms with E-state index in [1.54, 1.807) is 12.1 Å². The minimum atomic E-state index is -0.475. The Bertz CT molecular complexity index is 1120. The molecule has 5 nitrogen and oxygen atoms in total. The van der Waals surface area contributed by atoms with Crippen LogP contribution in [0.5, 0.6) is 0 Å². The van der Waals surface area contributed by atoms with Crippen LogP contribution in [0, 0.1) is 0 Å². The third-order valence-corrected chi connectivity index (χ3v) is 4.42. The molecule has 1 aromatic heterocycles. The van der Waals surface area contributed by atoms with Crippen LogP contribution in [0.25, 0.3) is 33.2 Å². The van der Waals surface area contributed by atoms with Crippen LogP contribution in [0.15, 0.2) is 54.6 Å². The molecular formula is C20H19ClN4O. The molecule has 6 heteroatoms. The van der Waals surface area contributed by atoms with Crippen LogP contribution in [0.4, 0.5) is 5.69 Å². The van der Waals surface area contributed by atoms with E-state index in [9.17, 15) is 4.79 Å². The quantitative estimate of drug-likeness (QED) is 0.576. The highest BCUT2D eigenvalue weighted by Gasteiger charge is 2.15. The van der Waals surface area contributed by atoms with Gasteiger partial charge < -0.3 is 15.6 Å². The summed E-state index contributed by atoms with van der Waals surface area (Å²) in [6, 6.07) is 17.8. The number of anilines is 1. The van der Waals surface area contributed by atoms with Gasteiger partial charge in [-0.15, -0.1) is 12.4 Å². The number of hydrogen-bond acceptors (Lipinski definition) is 3. The largest absolute Gasteiger partial charge is 0.377 e. The molecule has 0 aliphatic carbocycles. The minimum absolute atomic E-state index is 0. The number of benzene rings is 3. The molecule has 0 fully saturated rings. The molecule has 3 N–H and O–H groups in total. The number of nitrogens with zero attached hydrogens (tertiary/aromatic N) is 2. The first-order chi connectivity index (χ1) is 12.1. The Morgan fingerprint density at radius 1 is 1.00 bits per heavy atom. The predicted octanol–water partition coefficient (Wildman–Crippen LogP) is 3.97. The number of nitrogens with two attached hydrogens (primary N) is 1. The summed E-state index contributed by atoms with van der Waals surface area (Å²) in [4.78, 5) is 21.7. The zero-order valence-electron chi connectivity index (χ0n) is 14.5. The Hall–Kier alpha value is -3.05. The normalized spacial score (nSPS) is 10.7. The van der Waals surface area contributed by atoms with Crippen molar-refractivity contribution in [3.8, 4) is 11.4 Å². The fraction of sp³-hybridized carbons (Fsp3) is 0.100. The molecule has 1 heterocycles. The molecule has 0 radical (unpaired) electrons. The third kappa shape index (κ3) is 2.76. The van der Waals surface area contributed by atoms with Crippen LogP contribution < -0.4 is 10.6 Å². The molecule has 0 aliphatic heterocycles. The summed E-state index contributed by atoms with van der Waals surface area (Å²) in [6.45, 7) is 0. The van der Waals surface area contributed by atoms with E-state index in [0.29, 0.717) is 11.1 Å². The van der Waals surface area contributed by atoms with Crippen molar-refractivity contribution in [1.29, 1.82) is 0 Å². The summed E-state index contributed by atoms with van der Waals surface area (Å²) in [5, 5.41) is 2.26. The van der Waals surface area contributed by atoms with Crippen molar-refractivity contribution in [2.45, 2.75) is 0 Å². The van der Waals surface area contributed by atoms with E-state index in [1.165, 1.54) is 0 Å². The van der Waals surface area contributed by atoms with Crippen molar-refractivity contribution in [3.05, 3.63) is 60.2 Å². The van der Waals surface area contributed by atoms with Crippen molar-refractivity contribution < 1.29 is 4.79 Å². The van der Waals surface area contributed by atoms with E-state index in [4.69, 9.17) is 5.73 Å². The molecular weight excluding hydrogens is 348 g/mol. The first-order valence-corrected chi connectivity index (χ1v) is 8.04. The predicted molar refractivity (Wildman–Crippen MR) is 109 cm³/mol. The van der Waals surface area contributed by atoms with Crippen LogP contribution >= 0.6 is 12.4 Å². The van der Waals surface area contributed by atoms with Gasteiger partial charge in [-0.1, -0.05) is 30.3 Å². The van der Waals surface area contributed by atoms with Crippen LogP contribution in [-0.4, -0.2) is 30.0 Å². The topological polar surface area (TPSA) is 75.0 Å². The highest BCUT2D eigenvalue weighted by Crippen LogP contribution is 2.34. The zero-order valence-corrected chi connectivity index (χ0v) is 15.3. The molecule has 0 bridgehead atoms. The maximum absolute atomic E-state index is 11.7. The van der Waals surface area contributed by atoms with Gasteiger partial charge in [0.15, 0.2) is 0 Å². The number of carbonyl (C=O) groups is 1. The van der Waals surface area contributed by atoms with Gasteiger partial charge in [-0.25, -0.2) is 4.98 Å². The molecule has 0 saturated heterocycles. The first kappa shape index (κ1) is 17.8. The Morgan fingerprint density at radius 2 is 1.73 bits per heavy atom. The number of imidazole rings is 1. The van der Waals surface area contributed by atoms with Crippen LogP contribution in [0.2, 0.25) is 0 Å². The number of fused-ring (bicyclic) bond motifs is 2. The van der Waals surface area contributed by atoms with Crippen molar-refractivity contribution in [2.24, 2.45) is 5.73 Å². The molecule has 0 atom stereocenters. The maximum Gasteiger partial charge on any atom is 0.250 e. The summed E-state index contributed by atoms with van der Waals surface area (Å²) < 4.78 is 0. The second-order valence-electron chi connectivity index (χ2n) is 6.22. The number of hydrogen-bond donors (Lipinski definition) is 2. The molecule has 0 spiro atoms. The zero-order chi connectivity index (χ0) is 17.6. The summed E-state index contributed by atoms with van der Waals surface area (Å²) in [7, 11) is 4.06. The van der Waals surface area contributed by atoms with Gasteiger partial charge in [-0.2, -0.15) is 0 Å². The second-order valence-corrected chi connectivity index (χ2v) is 6.22. The van der Waals surface area contributed by atoms with Gasteiger partial charge in [-0.3, -0.25) is 4.79 Å². The molecule has 26 heavy (non-hydrogen) atoms. The number of halogens is 1. The Balaban J connectivity index is 0.00000196. The van der Waals surface area contributed by atoms with E-state index in [1.807, 2.05) is 32.3 Å². The van der Waals surface area contributed by atoms with Crippen molar-refractivity contribution in [1.82, 2.24) is 9.97 Å². The molecule has 4 rings (SSSR count). The van der Waals surface area contributed by atoms with Crippen LogP contribution in [-0.2, 0) is 0 Å². The highest BCUT2D eigenvalue weighted by atomic mass is 35.5. The number of para-hydroxylation sites is 1. The number of nitrogens with one attached hydrogen (secondary N) is 1. The van der Waals surface area contributed by atoms with Crippen molar-refractivity contribution >= 4 is 45.8 Å². The van der Waals surface area contributed by atoms with Gasteiger partial charge in [-0.05, 0) is 29.7 Å². The molecule has 0 aliphatic rings. The Morgan fingerprint density at radius 3 is 2.42 bits per heavy atom. The average molecular weight is 367 g/mol. The van der Waals surface area contributed by atoms with Crippen LogP contribution in [0.3, 0.4) is 0 Å². The summed E-state index contributed by atoms with van der Waals surface area (Å²) in [6.07, 6.45) is 0. The van der Waals surface area contributed by atoms with E-state index >= 15 is 0 Å². The highest BCUT2D eigenvalue weighted by molar-refractivity contribution is 6.06. The summed E-state index contributed by atoms with van der Waals surface area (Å²) >= 11 is 0. The third-order valence-electron chi connectivity index (χ3n) is 4.42. The Kier molecular flexibility index (Phi) is 4.57. The standard InChI is InChI=1S/C20H18N4O.ClH/c1-24(2)17-11-10-14(12-6-3-4-7-13(12)17)20-22-16-9-5-8-15(19(21)25)18(16)23-20;/h3-11H,1-2H3,(H2,21,25)(H,22,23);1H. The molecule has 4 aromatic rings. The van der Waals surface area contributed by atoms with E-state index in [2.05, 4.69) is 39.1 Å². The molecule has 0 saturated carbocycles. The van der Waals surface area contributed by atoms with Crippen molar-refractivity contribution in [2.75, 3.05) is 19.0 Å². The fourth-order valence-corrected chi connectivity index (χ4v) is 3.24. The number of aromatic amines is 1. The molecule has 132 valence electrons. The lowest BCUT2D eigenvalue weighted by molar-refractivity contribution is 0.100. The van der Waals surface area contributed by atoms with Crippen LogP contribution in [0.1, 0.15) is 10.4 Å². The minimum Gasteiger partial charge on any atom is -0.377 e. The number of aromatic nitrogens is 2. The van der Waals surface area contributed by atoms with Gasteiger partial charge in [0.1, 0.15) is 11.3 Å². The average Bonchev–Trinajstić information content (AvgIpc) is 3.04. The lowest BCUT2D eigenvalue weighted by Gasteiger charge is -2.17. The van der Waals surface area contributed by atoms with Gasteiger partial charge in [0, 0.05) is 30.7 Å². The molecule has 1 amide bonds. The monoisotopic (exact) mass is 366 g/mol. The van der Waals surface area contributed by atoms with E-state index in [0.717, 1.165) is 33.4 Å². The lowest BCUT2D eigenvalue weighted by Crippen LogP contribution is -2.11. The summed E-state index contributed by atoms with van der Waals surface area (Å²) in [5.74, 6) is 0.252. The number of amides is 1. The maximum atomic E-state index is 11.7. The number of carbonyl (C=O) groups excluding carboxylic acids is 1. The van der Waals surface area contributed by atoms with Crippen molar-refractivity contribution in [3.63, 3.8) is 0 Å². The van der Waals surface area contributed by atoms with E-state index in [-0.39, 0.29) is 12.4 Å². The smallest absolute Gasteiger partial charge is 0.250 e. The van der Waals surface area contributed by atoms with Gasteiger partial charge in [0.25, 0.3) is 5.91 Å². The van der Waals surface area contributed by atoms with Gasteiger partial charge in [0.2, 0.25) is 0 Å². The number of rotatable bonds is 3. The second kappa shape index (κ2) is 6.69. The summed E-state index contributed by atoms with van der Waals surface area (Å²) in [5.41, 5.74) is 9.44. The van der Waals surface area contributed by atoms with Gasteiger partial charge >= 0.3 is 0 Å². The number of primary amides is 1. The molecule has 0 unspecified atom stereocenters. The fourth-order valence-electron chi connectivity index (χ4n) is 3.24. The Labute approximate surface area is 157 Å². The molecule has 3 aromatic carbocycles. The van der Waals surface area contributed by atoms with E-state index < -0.39 is 5.91 Å². The SMILES string of the molecule is CN(C)c1ccc(-c2nc3c(C(N)=O)cccc3[nH]2)c2ccccc12.Cl. The number of H-pyrrole nitrogens is 1. The van der Waals surface area contributed by atoms with Gasteiger partial charge in [0.05, 0.1) is 11.1 Å². The lowest BCUT2D eigenvalue weighted by atomic mass is 10.0. The first-order valence-electron chi connectivity index (χ1n) is 8.04.